The third-order valence-corrected chi connectivity index (χ3v) is 4.32. The molecule has 1 saturated heterocycles. The van der Waals surface area contributed by atoms with Crippen LogP contribution < -0.4 is 9.80 Å². The normalized spacial score (nSPS) is 14.6. The van der Waals surface area contributed by atoms with Gasteiger partial charge >= 0.3 is 0 Å². The van der Waals surface area contributed by atoms with Gasteiger partial charge in [0.1, 0.15) is 0 Å². The third-order valence-electron chi connectivity index (χ3n) is 4.32. The zero-order valence-electron chi connectivity index (χ0n) is 13.7. The van der Waals surface area contributed by atoms with Crippen LogP contribution in [0.2, 0.25) is 0 Å². The summed E-state index contributed by atoms with van der Waals surface area (Å²) in [5, 5.41) is 12.0. The summed E-state index contributed by atoms with van der Waals surface area (Å²) in [6.45, 7) is 6.52. The number of nitrogens with zero attached hydrogens (tertiary/aromatic N) is 8. The monoisotopic (exact) mass is 328 g/mol. The molecule has 9 heteroatoms. The van der Waals surface area contributed by atoms with Crippen LogP contribution in [0.5, 0.6) is 0 Å². The fourth-order valence-electron chi connectivity index (χ4n) is 3.04. The molecule has 0 radical (unpaired) electrons. The molecule has 0 N–H and O–H groups in total. The minimum Gasteiger partial charge on any atom is -0.353 e. The summed E-state index contributed by atoms with van der Waals surface area (Å²) in [6, 6.07) is 1.93. The zero-order chi connectivity index (χ0) is 16.4. The van der Waals surface area contributed by atoms with Crippen LogP contribution in [-0.2, 0) is 6.54 Å². The van der Waals surface area contributed by atoms with Gasteiger partial charge in [-0.1, -0.05) is 0 Å². The first-order valence-electron chi connectivity index (χ1n) is 8.33. The van der Waals surface area contributed by atoms with Crippen molar-refractivity contribution in [3.63, 3.8) is 0 Å². The first-order chi connectivity index (χ1) is 11.8. The topological polar surface area (TPSA) is 89.0 Å². The van der Waals surface area contributed by atoms with E-state index in [1.54, 1.807) is 6.20 Å². The number of hydrogen-bond acceptors (Lipinski definition) is 8. The maximum atomic E-state index is 4.79. The standard InChI is InChI=1S/C15H20N8O/c1-2-21(10-11-23-9-5-6-16-23)14-15(22-7-3-4-8-22)18-13-12(17-14)19-24-20-13/h5-6,9H,2-4,7-8,10-11H2,1H3. The number of likely N-dealkylation sites (N-methyl/N-ethyl adjacent to an activating group) is 1. The van der Waals surface area contributed by atoms with Crippen LogP contribution >= 0.6 is 0 Å². The van der Waals surface area contributed by atoms with E-state index in [-0.39, 0.29) is 0 Å². The van der Waals surface area contributed by atoms with Gasteiger partial charge in [-0.25, -0.2) is 14.6 Å². The highest BCUT2D eigenvalue weighted by Crippen LogP contribution is 2.29. The fraction of sp³-hybridized carbons (Fsp3) is 0.533. The molecule has 4 heterocycles. The molecule has 0 saturated carbocycles. The summed E-state index contributed by atoms with van der Waals surface area (Å²) < 4.78 is 6.71. The second-order valence-electron chi connectivity index (χ2n) is 5.83. The molecule has 24 heavy (non-hydrogen) atoms. The van der Waals surface area contributed by atoms with Gasteiger partial charge in [-0.05, 0) is 36.1 Å². The van der Waals surface area contributed by atoms with Gasteiger partial charge in [0.2, 0.25) is 11.3 Å². The van der Waals surface area contributed by atoms with Crippen molar-refractivity contribution in [1.29, 1.82) is 0 Å². The van der Waals surface area contributed by atoms with Crippen LogP contribution in [0.4, 0.5) is 11.6 Å². The van der Waals surface area contributed by atoms with Crippen molar-refractivity contribution < 1.29 is 4.63 Å². The molecule has 0 spiro atoms. The second-order valence-corrected chi connectivity index (χ2v) is 5.83. The smallest absolute Gasteiger partial charge is 0.245 e. The molecule has 1 aliphatic heterocycles. The van der Waals surface area contributed by atoms with Crippen molar-refractivity contribution in [2.75, 3.05) is 36.0 Å². The summed E-state index contributed by atoms with van der Waals surface area (Å²) in [6.07, 6.45) is 6.11. The van der Waals surface area contributed by atoms with Crippen molar-refractivity contribution >= 4 is 22.9 Å². The van der Waals surface area contributed by atoms with E-state index in [9.17, 15) is 0 Å². The molecule has 4 rings (SSSR count). The fourth-order valence-corrected chi connectivity index (χ4v) is 3.04. The highest BCUT2D eigenvalue weighted by molar-refractivity contribution is 5.74. The molecular weight excluding hydrogens is 308 g/mol. The van der Waals surface area contributed by atoms with Crippen molar-refractivity contribution in [1.82, 2.24) is 30.1 Å². The lowest BCUT2D eigenvalue weighted by molar-refractivity contribution is 0.314. The van der Waals surface area contributed by atoms with Gasteiger partial charge in [-0.15, -0.1) is 0 Å². The van der Waals surface area contributed by atoms with E-state index in [0.29, 0.717) is 11.3 Å². The molecule has 0 unspecified atom stereocenters. The maximum Gasteiger partial charge on any atom is 0.245 e. The van der Waals surface area contributed by atoms with Gasteiger partial charge in [0.25, 0.3) is 0 Å². The van der Waals surface area contributed by atoms with Gasteiger partial charge in [-0.3, -0.25) is 4.68 Å². The molecule has 3 aromatic heterocycles. The van der Waals surface area contributed by atoms with Gasteiger partial charge < -0.3 is 9.80 Å². The van der Waals surface area contributed by atoms with Gasteiger partial charge in [0.05, 0.1) is 6.54 Å². The predicted octanol–water partition coefficient (Wildman–Crippen LogP) is 1.34. The quantitative estimate of drug-likeness (QED) is 0.669. The lowest BCUT2D eigenvalue weighted by Crippen LogP contribution is -2.31. The predicted molar refractivity (Wildman–Crippen MR) is 89.0 cm³/mol. The molecule has 9 nitrogen and oxygen atoms in total. The lowest BCUT2D eigenvalue weighted by atomic mass is 10.4. The SMILES string of the molecule is CCN(CCn1cccn1)c1nc2nonc2nc1N1CCCC1. The van der Waals surface area contributed by atoms with Crippen LogP contribution in [0, 0.1) is 0 Å². The highest BCUT2D eigenvalue weighted by atomic mass is 16.6. The van der Waals surface area contributed by atoms with E-state index >= 15 is 0 Å². The van der Waals surface area contributed by atoms with Gasteiger partial charge in [0, 0.05) is 38.6 Å². The highest BCUT2D eigenvalue weighted by Gasteiger charge is 2.24. The Morgan fingerprint density at radius 1 is 1.17 bits per heavy atom. The Balaban J connectivity index is 1.67. The lowest BCUT2D eigenvalue weighted by Gasteiger charge is -2.27. The molecular formula is C15H20N8O. The van der Waals surface area contributed by atoms with Crippen LogP contribution in [0.15, 0.2) is 23.1 Å². The van der Waals surface area contributed by atoms with E-state index in [0.717, 1.165) is 44.4 Å². The van der Waals surface area contributed by atoms with Crippen molar-refractivity contribution in [3.05, 3.63) is 18.5 Å². The number of hydrogen-bond donors (Lipinski definition) is 0. The van der Waals surface area contributed by atoms with Crippen LogP contribution in [-0.4, -0.2) is 56.2 Å². The summed E-state index contributed by atoms with van der Waals surface area (Å²) >= 11 is 0. The first-order valence-corrected chi connectivity index (χ1v) is 8.33. The third kappa shape index (κ3) is 2.77. The average molecular weight is 328 g/mol. The first kappa shape index (κ1) is 14.9. The maximum absolute atomic E-state index is 4.79. The minimum atomic E-state index is 0.450. The molecule has 1 aliphatic rings. The van der Waals surface area contributed by atoms with Crippen molar-refractivity contribution in [2.45, 2.75) is 26.3 Å². The molecule has 0 aromatic carbocycles. The van der Waals surface area contributed by atoms with E-state index in [2.05, 4.69) is 42.1 Å². The molecule has 126 valence electrons. The van der Waals surface area contributed by atoms with Crippen molar-refractivity contribution in [2.24, 2.45) is 0 Å². The molecule has 3 aromatic rings. The van der Waals surface area contributed by atoms with Gasteiger partial charge in [-0.2, -0.15) is 5.10 Å². The molecule has 0 aliphatic carbocycles. The van der Waals surface area contributed by atoms with E-state index in [1.165, 1.54) is 12.8 Å². The summed E-state index contributed by atoms with van der Waals surface area (Å²) in [5.74, 6) is 1.72. The Bertz CT molecular complexity index is 793. The minimum absolute atomic E-state index is 0.450. The average Bonchev–Trinajstić information content (AvgIpc) is 3.36. The molecule has 0 amide bonds. The Morgan fingerprint density at radius 3 is 2.67 bits per heavy atom. The number of anilines is 2. The Morgan fingerprint density at radius 2 is 1.96 bits per heavy atom. The Hall–Kier alpha value is -2.71. The summed E-state index contributed by atoms with van der Waals surface area (Å²) in [7, 11) is 0. The Labute approximate surface area is 139 Å². The van der Waals surface area contributed by atoms with E-state index in [4.69, 9.17) is 4.63 Å². The molecule has 1 fully saturated rings. The molecule has 0 atom stereocenters. The van der Waals surface area contributed by atoms with Crippen LogP contribution in [0.1, 0.15) is 19.8 Å². The van der Waals surface area contributed by atoms with E-state index < -0.39 is 0 Å². The molecule has 0 bridgehead atoms. The largest absolute Gasteiger partial charge is 0.353 e. The summed E-state index contributed by atoms with van der Waals surface area (Å²) in [5.41, 5.74) is 0.911. The van der Waals surface area contributed by atoms with E-state index in [1.807, 2.05) is 16.9 Å². The van der Waals surface area contributed by atoms with Gasteiger partial charge in [0.15, 0.2) is 11.6 Å². The second kappa shape index (κ2) is 6.42. The summed E-state index contributed by atoms with van der Waals surface area (Å²) in [4.78, 5) is 13.8. The Kier molecular flexibility index (Phi) is 3.97. The van der Waals surface area contributed by atoms with Crippen LogP contribution in [0.25, 0.3) is 11.3 Å². The number of fused-ring (bicyclic) bond motifs is 1. The van der Waals surface area contributed by atoms with Crippen LogP contribution in [0.3, 0.4) is 0 Å². The van der Waals surface area contributed by atoms with Crippen molar-refractivity contribution in [3.8, 4) is 0 Å². The zero-order valence-corrected chi connectivity index (χ0v) is 13.7. The number of aromatic nitrogens is 6. The number of rotatable bonds is 6.